The first-order chi connectivity index (χ1) is 30.8. The molecule has 0 N–H and O–H groups in total. The number of aromatic nitrogens is 3. The van der Waals surface area contributed by atoms with Crippen molar-refractivity contribution in [3.8, 4) is 78.3 Å². The van der Waals surface area contributed by atoms with Gasteiger partial charge in [-0.1, -0.05) is 129 Å². The highest BCUT2D eigenvalue weighted by Gasteiger charge is 2.20. The molecule has 0 unspecified atom stereocenters. The van der Waals surface area contributed by atoms with Crippen LogP contribution in [0.5, 0.6) is 0 Å². The molecule has 1 aliphatic rings. The van der Waals surface area contributed by atoms with E-state index in [9.17, 15) is 4.79 Å². The highest BCUT2D eigenvalue weighted by molar-refractivity contribution is 9.10. The van der Waals surface area contributed by atoms with Gasteiger partial charge in [-0.2, -0.15) is 0 Å². The van der Waals surface area contributed by atoms with E-state index in [2.05, 4.69) is 129 Å². The quantitative estimate of drug-likeness (QED) is 0.145. The Morgan fingerprint density at radius 1 is 0.444 bits per heavy atom. The lowest BCUT2D eigenvalue weighted by Crippen LogP contribution is -2.26. The van der Waals surface area contributed by atoms with Crippen molar-refractivity contribution in [1.82, 2.24) is 15.0 Å². The molecule has 9 aromatic rings. The lowest BCUT2D eigenvalue weighted by molar-refractivity contribution is 0.0993. The number of pyridine rings is 3. The van der Waals surface area contributed by atoms with E-state index in [-0.39, 0.29) is 5.91 Å². The molecule has 0 bridgehead atoms. The van der Waals surface area contributed by atoms with E-state index >= 15 is 0 Å². The third-order valence-corrected chi connectivity index (χ3v) is 12.9. The third kappa shape index (κ3) is 8.42. The summed E-state index contributed by atoms with van der Waals surface area (Å²) in [5.41, 5.74) is 17.8. The van der Waals surface area contributed by atoms with Crippen molar-refractivity contribution in [3.63, 3.8) is 0 Å². The summed E-state index contributed by atoms with van der Waals surface area (Å²) in [5, 5.41) is 0. The van der Waals surface area contributed by atoms with Crippen molar-refractivity contribution in [2.45, 2.75) is 19.3 Å². The molecule has 63 heavy (non-hydrogen) atoms. The van der Waals surface area contributed by atoms with Crippen molar-refractivity contribution in [3.05, 3.63) is 214 Å². The monoisotopic (exact) mass is 942 g/mol. The molecule has 0 spiro atoms. The average molecular weight is 945 g/mol. The summed E-state index contributed by atoms with van der Waals surface area (Å²) in [6, 6.07) is 58.2. The largest absolute Gasteiger partial charge is 0.310 e. The highest BCUT2D eigenvalue weighted by Crippen LogP contribution is 2.39. The smallest absolute Gasteiger partial charge is 0.258 e. The number of hydrogen-bond acceptors (Lipinski definition) is 4. The summed E-state index contributed by atoms with van der Waals surface area (Å²) in [6.07, 6.45) is 9.11. The number of carbonyl (C=O) groups is 1. The number of hydrogen-bond donors (Lipinski definition) is 0. The fourth-order valence-electron chi connectivity index (χ4n) is 8.58. The van der Waals surface area contributed by atoms with Gasteiger partial charge in [-0.05, 0) is 137 Å². The van der Waals surface area contributed by atoms with Crippen LogP contribution in [0.2, 0.25) is 0 Å². The van der Waals surface area contributed by atoms with Gasteiger partial charge in [0.15, 0.2) is 0 Å². The van der Waals surface area contributed by atoms with Crippen LogP contribution in [0.1, 0.15) is 27.9 Å². The van der Waals surface area contributed by atoms with Crippen LogP contribution < -0.4 is 4.90 Å². The van der Waals surface area contributed by atoms with Gasteiger partial charge in [-0.3, -0.25) is 19.7 Å². The molecule has 5 nitrogen and oxygen atoms in total. The molecule has 3 aromatic heterocycles. The number of rotatable bonds is 9. The minimum atomic E-state index is -0.139. The van der Waals surface area contributed by atoms with Crippen LogP contribution in [0.15, 0.2) is 197 Å². The van der Waals surface area contributed by atoms with Crippen molar-refractivity contribution >= 4 is 43.5 Å². The van der Waals surface area contributed by atoms with Crippen LogP contribution in [-0.2, 0) is 12.8 Å². The van der Waals surface area contributed by atoms with Gasteiger partial charge in [0.25, 0.3) is 5.91 Å². The number of anilines is 1. The maximum Gasteiger partial charge on any atom is 0.258 e. The van der Waals surface area contributed by atoms with Crippen LogP contribution in [0, 0.1) is 0 Å². The van der Waals surface area contributed by atoms with Gasteiger partial charge in [-0.15, -0.1) is 0 Å². The Kier molecular flexibility index (Phi) is 11.2. The molecular formula is C56H40Br2N4O. The molecule has 0 saturated carbocycles. The number of amides is 1. The zero-order valence-corrected chi connectivity index (χ0v) is 37.6. The van der Waals surface area contributed by atoms with Crippen LogP contribution in [0.3, 0.4) is 0 Å². The first kappa shape index (κ1) is 40.3. The normalized spacial score (nSPS) is 11.9. The number of carbonyl (C=O) groups excluding carboxylic acids is 1. The van der Waals surface area contributed by atoms with Gasteiger partial charge >= 0.3 is 0 Å². The van der Waals surface area contributed by atoms with E-state index in [1.165, 1.54) is 17.5 Å². The minimum Gasteiger partial charge on any atom is -0.310 e. The van der Waals surface area contributed by atoms with E-state index < -0.39 is 0 Å². The zero-order chi connectivity index (χ0) is 42.9. The minimum absolute atomic E-state index is 0.139. The van der Waals surface area contributed by atoms with Gasteiger partial charge in [0.05, 0.1) is 29.0 Å². The maximum atomic E-state index is 14.8. The maximum absolute atomic E-state index is 14.8. The molecule has 1 amide bonds. The van der Waals surface area contributed by atoms with Gasteiger partial charge in [0.1, 0.15) is 0 Å². The van der Waals surface area contributed by atoms with Crippen LogP contribution in [0.4, 0.5) is 5.69 Å². The third-order valence-electron chi connectivity index (χ3n) is 11.9. The topological polar surface area (TPSA) is 59.0 Å². The summed E-state index contributed by atoms with van der Waals surface area (Å²) in [4.78, 5) is 31.1. The number of benzene rings is 6. The number of nitrogens with zero attached hydrogens (tertiary/aromatic N) is 4. The molecule has 10 rings (SSSR count). The van der Waals surface area contributed by atoms with Crippen LogP contribution >= 0.6 is 31.9 Å². The summed E-state index contributed by atoms with van der Waals surface area (Å²) in [5.74, 6) is -0.139. The van der Waals surface area contributed by atoms with E-state index in [4.69, 9.17) is 15.0 Å². The first-order valence-corrected chi connectivity index (χ1v) is 22.6. The molecular weight excluding hydrogens is 904 g/mol. The van der Waals surface area contributed by atoms with Crippen molar-refractivity contribution in [2.24, 2.45) is 0 Å². The highest BCUT2D eigenvalue weighted by atomic mass is 79.9. The predicted octanol–water partition coefficient (Wildman–Crippen LogP) is 14.8. The standard InChI is InChI=1S/C56H40Br2N4O/c1-62(48-23-26-55(61-35-48)40-20-19-36-9-6-10-37(36)27-40)56(63)45-29-43(51-17-4-2-15-49(51)41-21-24-53(59-33-41)38-11-7-13-46(57)31-38)28-44(30-45)52-18-5-3-16-50(52)42-22-25-54(60-34-42)39-12-8-14-47(58)32-39/h2-5,7-8,11-35H,6,9-10H2,1H3. The molecule has 3 heterocycles. The SMILES string of the molecule is CN(C(=O)c1cc(-c2ccccc2-c2ccc(-c3cccc(Br)c3)nc2)cc(-c2ccccc2-c2ccc(-c3cccc(Br)c3)nc2)c1)c1ccc(-c2ccc3c(c2)CCC3)nc1. The van der Waals surface area contributed by atoms with Gasteiger partial charge < -0.3 is 4.90 Å². The molecule has 7 heteroatoms. The molecule has 0 saturated heterocycles. The van der Waals surface area contributed by atoms with E-state index in [1.807, 2.05) is 92.2 Å². The van der Waals surface area contributed by atoms with Crippen LogP contribution in [0.25, 0.3) is 78.3 Å². The second-order valence-electron chi connectivity index (χ2n) is 15.9. The second kappa shape index (κ2) is 17.5. The first-order valence-electron chi connectivity index (χ1n) is 21.0. The Morgan fingerprint density at radius 3 is 1.41 bits per heavy atom. The predicted molar refractivity (Wildman–Crippen MR) is 264 cm³/mol. The lowest BCUT2D eigenvalue weighted by Gasteiger charge is -2.20. The number of fused-ring (bicyclic) bond motifs is 1. The van der Waals surface area contributed by atoms with Crippen LogP contribution in [-0.4, -0.2) is 27.9 Å². The fraction of sp³-hybridized carbons (Fsp3) is 0.0714. The Hall–Kier alpha value is -6.80. The Bertz CT molecular complexity index is 3000. The molecule has 0 radical (unpaired) electrons. The van der Waals surface area contributed by atoms with Crippen molar-refractivity contribution in [2.75, 3.05) is 11.9 Å². The number of halogens is 2. The molecule has 0 aliphatic heterocycles. The van der Waals surface area contributed by atoms with Gasteiger partial charge in [0, 0.05) is 61.8 Å². The summed E-state index contributed by atoms with van der Waals surface area (Å²) in [7, 11) is 1.82. The lowest BCUT2D eigenvalue weighted by atomic mass is 9.89. The van der Waals surface area contributed by atoms with Gasteiger partial charge in [-0.25, -0.2) is 0 Å². The molecule has 304 valence electrons. The molecule has 1 aliphatic carbocycles. The fourth-order valence-corrected chi connectivity index (χ4v) is 9.37. The average Bonchev–Trinajstić information content (AvgIpc) is 3.82. The van der Waals surface area contributed by atoms with E-state index in [1.54, 1.807) is 11.1 Å². The molecule has 6 aromatic carbocycles. The summed E-state index contributed by atoms with van der Waals surface area (Å²) in [6.45, 7) is 0. The zero-order valence-electron chi connectivity index (χ0n) is 34.5. The Labute approximate surface area is 384 Å². The molecule has 0 fully saturated rings. The number of aryl methyl sites for hydroxylation is 2. The van der Waals surface area contributed by atoms with Crippen molar-refractivity contribution in [1.29, 1.82) is 0 Å². The Balaban J connectivity index is 1.05. The van der Waals surface area contributed by atoms with Crippen molar-refractivity contribution < 1.29 is 4.79 Å². The van der Waals surface area contributed by atoms with Gasteiger partial charge in [0.2, 0.25) is 0 Å². The van der Waals surface area contributed by atoms with E-state index in [0.717, 1.165) is 100 Å². The second-order valence-corrected chi connectivity index (χ2v) is 17.7. The molecule has 0 atom stereocenters. The summed E-state index contributed by atoms with van der Waals surface area (Å²) >= 11 is 7.19. The van der Waals surface area contributed by atoms with E-state index in [0.29, 0.717) is 11.3 Å². The Morgan fingerprint density at radius 2 is 0.921 bits per heavy atom. The summed E-state index contributed by atoms with van der Waals surface area (Å²) < 4.78 is 2.01.